The quantitative estimate of drug-likeness (QED) is 0.491. The molecule has 0 radical (unpaired) electrons. The van der Waals surface area contributed by atoms with E-state index in [0.717, 1.165) is 11.0 Å². The fourth-order valence-electron chi connectivity index (χ4n) is 2.47. The number of para-hydroxylation sites is 2. The van der Waals surface area contributed by atoms with Gasteiger partial charge in [0.25, 0.3) is 17.5 Å². The summed E-state index contributed by atoms with van der Waals surface area (Å²) in [4.78, 5) is 36.2. The van der Waals surface area contributed by atoms with E-state index < -0.39 is 16.7 Å². The van der Waals surface area contributed by atoms with Crippen LogP contribution < -0.4 is 15.0 Å². The van der Waals surface area contributed by atoms with Gasteiger partial charge in [-0.2, -0.15) is 0 Å². The van der Waals surface area contributed by atoms with E-state index in [9.17, 15) is 19.7 Å². The van der Waals surface area contributed by atoms with Crippen molar-refractivity contribution in [3.63, 3.8) is 0 Å². The lowest BCUT2D eigenvalue weighted by Crippen LogP contribution is -2.32. The Morgan fingerprint density at radius 3 is 2.54 bits per heavy atom. The molecule has 2 aromatic rings. The molecule has 0 atom stereocenters. The van der Waals surface area contributed by atoms with Gasteiger partial charge in [-0.3, -0.25) is 19.7 Å². The van der Waals surface area contributed by atoms with Gasteiger partial charge in [0.2, 0.25) is 0 Å². The monoisotopic (exact) mass is 373 g/mol. The molecule has 1 aliphatic heterocycles. The van der Waals surface area contributed by atoms with Crippen LogP contribution in [0.1, 0.15) is 0 Å². The second-order valence-corrected chi connectivity index (χ2v) is 5.61. The molecule has 0 aliphatic carbocycles. The number of carbonyl (C=O) groups is 2. The Kier molecular flexibility index (Phi) is 4.59. The van der Waals surface area contributed by atoms with Crippen molar-refractivity contribution >= 4 is 40.5 Å². The first kappa shape index (κ1) is 17.4. The Balaban J connectivity index is 1.95. The lowest BCUT2D eigenvalue weighted by Gasteiger charge is -2.15. The van der Waals surface area contributed by atoms with Crippen molar-refractivity contribution in [2.75, 3.05) is 17.3 Å². The number of hydrogen-bond donors (Lipinski definition) is 1. The van der Waals surface area contributed by atoms with Crippen molar-refractivity contribution < 1.29 is 19.2 Å². The molecule has 2 amide bonds. The molecule has 0 fully saturated rings. The van der Waals surface area contributed by atoms with Crippen LogP contribution in [0.4, 0.5) is 17.1 Å². The van der Waals surface area contributed by atoms with Gasteiger partial charge in [0, 0.05) is 12.1 Å². The van der Waals surface area contributed by atoms with Crippen molar-refractivity contribution in [1.29, 1.82) is 0 Å². The summed E-state index contributed by atoms with van der Waals surface area (Å²) in [6.45, 7) is 0. The summed E-state index contributed by atoms with van der Waals surface area (Å²) < 4.78 is 5.19. The van der Waals surface area contributed by atoms with Gasteiger partial charge in [-0.15, -0.1) is 0 Å². The van der Waals surface area contributed by atoms with E-state index in [-0.39, 0.29) is 22.1 Å². The number of hydrogen-bond acceptors (Lipinski definition) is 6. The number of imide groups is 1. The predicted octanol–water partition coefficient (Wildman–Crippen LogP) is 3.04. The Bertz CT molecular complexity index is 957. The van der Waals surface area contributed by atoms with Crippen molar-refractivity contribution in [2.45, 2.75) is 0 Å². The van der Waals surface area contributed by atoms with Crippen molar-refractivity contribution in [2.24, 2.45) is 0 Å². The van der Waals surface area contributed by atoms with E-state index >= 15 is 0 Å². The summed E-state index contributed by atoms with van der Waals surface area (Å²) in [6, 6.07) is 12.0. The molecule has 3 rings (SSSR count). The van der Waals surface area contributed by atoms with E-state index in [2.05, 4.69) is 5.32 Å². The van der Waals surface area contributed by atoms with Crippen LogP contribution in [0.25, 0.3) is 0 Å². The average molecular weight is 374 g/mol. The van der Waals surface area contributed by atoms with Crippen molar-refractivity contribution in [3.8, 4) is 5.75 Å². The predicted molar refractivity (Wildman–Crippen MR) is 95.1 cm³/mol. The highest BCUT2D eigenvalue weighted by Crippen LogP contribution is 2.33. The molecule has 1 N–H and O–H groups in total. The first-order chi connectivity index (χ1) is 12.4. The van der Waals surface area contributed by atoms with Gasteiger partial charge < -0.3 is 10.1 Å². The first-order valence-corrected chi connectivity index (χ1v) is 7.75. The molecule has 0 saturated heterocycles. The van der Waals surface area contributed by atoms with Crippen LogP contribution in [0.5, 0.6) is 5.75 Å². The highest BCUT2D eigenvalue weighted by Gasteiger charge is 2.39. The Morgan fingerprint density at radius 2 is 1.85 bits per heavy atom. The van der Waals surface area contributed by atoms with Crippen molar-refractivity contribution in [3.05, 3.63) is 69.4 Å². The van der Waals surface area contributed by atoms with E-state index in [0.29, 0.717) is 11.4 Å². The molecule has 132 valence electrons. The van der Waals surface area contributed by atoms with Gasteiger partial charge >= 0.3 is 0 Å². The van der Waals surface area contributed by atoms with E-state index in [4.69, 9.17) is 16.3 Å². The zero-order chi connectivity index (χ0) is 18.8. The minimum Gasteiger partial charge on any atom is -0.495 e. The lowest BCUT2D eigenvalue weighted by molar-refractivity contribution is -0.384. The molecule has 1 heterocycles. The van der Waals surface area contributed by atoms with E-state index in [1.165, 1.54) is 25.3 Å². The number of methoxy groups -OCH3 is 1. The molecule has 0 unspecified atom stereocenters. The number of nitro benzene ring substituents is 1. The largest absolute Gasteiger partial charge is 0.495 e. The number of nitrogens with one attached hydrogen (secondary N) is 1. The van der Waals surface area contributed by atoms with Crippen LogP contribution in [-0.2, 0) is 9.59 Å². The van der Waals surface area contributed by atoms with Crippen molar-refractivity contribution in [1.82, 2.24) is 0 Å². The van der Waals surface area contributed by atoms with Crippen LogP contribution in [-0.4, -0.2) is 23.8 Å². The second-order valence-electron chi connectivity index (χ2n) is 5.24. The maximum Gasteiger partial charge on any atom is 0.283 e. The maximum atomic E-state index is 12.7. The third-order valence-corrected chi connectivity index (χ3v) is 4.04. The zero-order valence-corrected chi connectivity index (χ0v) is 14.2. The fourth-order valence-corrected chi connectivity index (χ4v) is 2.69. The van der Waals surface area contributed by atoms with Crippen LogP contribution in [0.15, 0.2) is 59.3 Å². The number of amides is 2. The second kappa shape index (κ2) is 6.85. The zero-order valence-electron chi connectivity index (χ0n) is 13.4. The summed E-state index contributed by atoms with van der Waals surface area (Å²) in [5.74, 6) is -1.03. The number of halogens is 1. The van der Waals surface area contributed by atoms with Crippen LogP contribution >= 0.6 is 11.6 Å². The molecule has 26 heavy (non-hydrogen) atoms. The molecule has 0 spiro atoms. The highest BCUT2D eigenvalue weighted by atomic mass is 35.5. The topological polar surface area (TPSA) is 102 Å². The molecule has 0 bridgehead atoms. The molecule has 0 saturated carbocycles. The van der Waals surface area contributed by atoms with E-state index in [1.54, 1.807) is 24.3 Å². The van der Waals surface area contributed by atoms with Gasteiger partial charge in [0.15, 0.2) is 0 Å². The Hall–Kier alpha value is -3.39. The van der Waals surface area contributed by atoms with Gasteiger partial charge in [-0.1, -0.05) is 29.8 Å². The molecule has 0 aromatic heterocycles. The Labute approximate surface area is 152 Å². The van der Waals surface area contributed by atoms with Gasteiger partial charge in [0.05, 0.1) is 23.4 Å². The number of nitro groups is 1. The smallest absolute Gasteiger partial charge is 0.283 e. The van der Waals surface area contributed by atoms with Crippen LogP contribution in [0.3, 0.4) is 0 Å². The molecular weight excluding hydrogens is 362 g/mol. The van der Waals surface area contributed by atoms with Gasteiger partial charge in [0.1, 0.15) is 16.5 Å². The minimum absolute atomic E-state index is 0.0594. The summed E-state index contributed by atoms with van der Waals surface area (Å²) in [7, 11) is 1.47. The number of rotatable bonds is 5. The number of anilines is 2. The Morgan fingerprint density at radius 1 is 1.12 bits per heavy atom. The first-order valence-electron chi connectivity index (χ1n) is 7.37. The standard InChI is InChI=1S/C17H12ClN3O5/c1-26-13-8-3-2-7-12(13)19-15-14(18)16(22)20(17(15)23)10-5-4-6-11(9-10)21(24)25/h2-9,19H,1H3. The molecular formula is C17H12ClN3O5. The minimum atomic E-state index is -0.769. The fraction of sp³-hybridized carbons (Fsp3) is 0.0588. The van der Waals surface area contributed by atoms with Crippen LogP contribution in [0, 0.1) is 10.1 Å². The van der Waals surface area contributed by atoms with Crippen LogP contribution in [0.2, 0.25) is 0 Å². The highest BCUT2D eigenvalue weighted by molar-refractivity contribution is 6.53. The summed E-state index contributed by atoms with van der Waals surface area (Å²) >= 11 is 6.05. The van der Waals surface area contributed by atoms with E-state index in [1.807, 2.05) is 0 Å². The van der Waals surface area contributed by atoms with Gasteiger partial charge in [-0.25, -0.2) is 4.90 Å². The summed E-state index contributed by atoms with van der Waals surface area (Å²) in [5.41, 5.74) is 0.132. The third kappa shape index (κ3) is 2.98. The lowest BCUT2D eigenvalue weighted by atomic mass is 10.2. The number of non-ortho nitro benzene ring substituents is 1. The molecule has 1 aliphatic rings. The maximum absolute atomic E-state index is 12.7. The van der Waals surface area contributed by atoms with Gasteiger partial charge in [-0.05, 0) is 18.2 Å². The average Bonchev–Trinajstić information content (AvgIpc) is 2.85. The SMILES string of the molecule is COc1ccccc1NC1=C(Cl)C(=O)N(c2cccc([N+](=O)[O-])c2)C1=O. The normalized spacial score (nSPS) is 14.0. The third-order valence-electron chi connectivity index (χ3n) is 3.69. The number of ether oxygens (including phenoxy) is 1. The molecule has 2 aromatic carbocycles. The number of carbonyl (C=O) groups excluding carboxylic acids is 2. The number of nitrogens with zero attached hydrogens (tertiary/aromatic N) is 2. The summed E-state index contributed by atoms with van der Waals surface area (Å²) in [6.07, 6.45) is 0. The number of benzene rings is 2. The molecule has 8 nitrogen and oxygen atoms in total. The summed E-state index contributed by atoms with van der Waals surface area (Å²) in [5, 5.41) is 13.4. The molecule has 9 heteroatoms.